The van der Waals surface area contributed by atoms with Gasteiger partial charge in [0.2, 0.25) is 0 Å². The van der Waals surface area contributed by atoms with E-state index in [0.29, 0.717) is 5.92 Å². The molecule has 88 valence electrons. The average molecular weight is 227 g/mol. The molecule has 1 heterocycles. The third kappa shape index (κ3) is 2.35. The summed E-state index contributed by atoms with van der Waals surface area (Å²) in [7, 11) is 0. The molecule has 1 aliphatic carbocycles. The molecule has 0 N–H and O–H groups in total. The lowest BCUT2D eigenvalue weighted by atomic mass is 9.89. The monoisotopic (exact) mass is 227 g/mol. The lowest BCUT2D eigenvalue weighted by Crippen LogP contribution is -2.14. The van der Waals surface area contributed by atoms with Crippen molar-refractivity contribution in [3.8, 4) is 6.07 Å². The van der Waals surface area contributed by atoms with Crippen molar-refractivity contribution in [2.45, 2.75) is 37.5 Å². The second-order valence-electron chi connectivity index (χ2n) is 5.16. The highest BCUT2D eigenvalue weighted by molar-refractivity contribution is 5.41. The largest absolute Gasteiger partial charge is 0.381 e. The summed E-state index contributed by atoms with van der Waals surface area (Å²) < 4.78 is 5.40. The number of rotatable bonds is 2. The third-order valence-corrected chi connectivity index (χ3v) is 3.85. The van der Waals surface area contributed by atoms with Crippen LogP contribution >= 0.6 is 0 Å². The minimum absolute atomic E-state index is 0.592. The molecule has 2 heteroatoms. The molecule has 2 fully saturated rings. The summed E-state index contributed by atoms with van der Waals surface area (Å²) in [5.41, 5.74) is 3.57. The van der Waals surface area contributed by atoms with Crippen molar-refractivity contribution in [1.82, 2.24) is 0 Å². The third-order valence-electron chi connectivity index (χ3n) is 3.85. The van der Waals surface area contributed by atoms with Crippen molar-refractivity contribution >= 4 is 0 Å². The van der Waals surface area contributed by atoms with Crippen LogP contribution in [0.4, 0.5) is 0 Å². The van der Waals surface area contributed by atoms with Crippen molar-refractivity contribution in [2.75, 3.05) is 13.2 Å². The van der Waals surface area contributed by atoms with E-state index in [1.165, 1.54) is 24.0 Å². The molecule has 1 saturated carbocycles. The molecular formula is C15H17NO. The van der Waals surface area contributed by atoms with E-state index >= 15 is 0 Å². The van der Waals surface area contributed by atoms with E-state index in [4.69, 9.17) is 10.00 Å². The molecule has 2 nitrogen and oxygen atoms in total. The summed E-state index contributed by atoms with van der Waals surface area (Å²) in [5, 5.41) is 9.11. The molecule has 1 saturated heterocycles. The van der Waals surface area contributed by atoms with Crippen LogP contribution in [0, 0.1) is 11.3 Å². The van der Waals surface area contributed by atoms with Crippen LogP contribution in [0.2, 0.25) is 0 Å². The van der Waals surface area contributed by atoms with Gasteiger partial charge in [-0.2, -0.15) is 5.26 Å². The Bertz CT molecular complexity index is 450. The Morgan fingerprint density at radius 3 is 2.06 bits per heavy atom. The lowest BCUT2D eigenvalue weighted by molar-refractivity contribution is 0.0853. The molecule has 1 aliphatic heterocycles. The zero-order valence-electron chi connectivity index (χ0n) is 9.98. The molecule has 0 atom stereocenters. The quantitative estimate of drug-likeness (QED) is 0.776. The van der Waals surface area contributed by atoms with Gasteiger partial charge in [0, 0.05) is 13.2 Å². The highest BCUT2D eigenvalue weighted by Gasteiger charge is 2.25. The summed E-state index contributed by atoms with van der Waals surface area (Å²) >= 11 is 0. The number of ether oxygens (including phenoxy) is 1. The van der Waals surface area contributed by atoms with Crippen LogP contribution in [-0.2, 0) is 4.74 Å². The highest BCUT2D eigenvalue weighted by atomic mass is 16.5. The summed E-state index contributed by atoms with van der Waals surface area (Å²) in [4.78, 5) is 0. The van der Waals surface area contributed by atoms with Crippen LogP contribution in [0.5, 0.6) is 0 Å². The van der Waals surface area contributed by atoms with Gasteiger partial charge in [0.05, 0.1) is 11.6 Å². The Morgan fingerprint density at radius 1 is 0.941 bits per heavy atom. The number of benzene rings is 1. The predicted octanol–water partition coefficient (Wildman–Crippen LogP) is 3.33. The Kier molecular flexibility index (Phi) is 2.86. The van der Waals surface area contributed by atoms with Crippen molar-refractivity contribution in [1.29, 1.82) is 5.26 Å². The molecule has 0 aromatic heterocycles. The van der Waals surface area contributed by atoms with Crippen molar-refractivity contribution in [3.63, 3.8) is 0 Å². The van der Waals surface area contributed by atoms with E-state index in [2.05, 4.69) is 24.3 Å². The normalized spacial score (nSPS) is 21.1. The van der Waals surface area contributed by atoms with Gasteiger partial charge in [-0.3, -0.25) is 0 Å². The van der Waals surface area contributed by atoms with Gasteiger partial charge in [-0.25, -0.2) is 0 Å². The Hall–Kier alpha value is -1.33. The van der Waals surface area contributed by atoms with Crippen LogP contribution in [0.25, 0.3) is 0 Å². The molecule has 1 aromatic carbocycles. The standard InChI is InChI=1S/C15H17NO/c16-10-11-7-14(12-1-2-12)9-15(8-11)13-3-5-17-6-4-13/h7-9,12-13H,1-6H2. The highest BCUT2D eigenvalue weighted by Crippen LogP contribution is 2.41. The first-order chi connectivity index (χ1) is 8.36. The van der Waals surface area contributed by atoms with Crippen LogP contribution in [-0.4, -0.2) is 13.2 Å². The van der Waals surface area contributed by atoms with Crippen LogP contribution < -0.4 is 0 Å². The molecule has 3 rings (SSSR count). The summed E-state index contributed by atoms with van der Waals surface area (Å²) in [6.45, 7) is 1.72. The van der Waals surface area contributed by atoms with Crippen molar-refractivity contribution in [3.05, 3.63) is 34.9 Å². The minimum Gasteiger partial charge on any atom is -0.381 e. The fourth-order valence-corrected chi connectivity index (χ4v) is 2.66. The molecule has 17 heavy (non-hydrogen) atoms. The first-order valence-corrected chi connectivity index (χ1v) is 6.49. The first kappa shape index (κ1) is 10.8. The molecule has 0 unspecified atom stereocenters. The maximum Gasteiger partial charge on any atom is 0.0991 e. The fraction of sp³-hybridized carbons (Fsp3) is 0.533. The van der Waals surface area contributed by atoms with Gasteiger partial charge in [0.25, 0.3) is 0 Å². The van der Waals surface area contributed by atoms with E-state index in [1.807, 2.05) is 0 Å². The zero-order valence-corrected chi connectivity index (χ0v) is 9.98. The maximum absolute atomic E-state index is 9.11. The second kappa shape index (κ2) is 4.50. The van der Waals surface area contributed by atoms with Gasteiger partial charge >= 0.3 is 0 Å². The van der Waals surface area contributed by atoms with E-state index in [1.54, 1.807) is 0 Å². The molecule has 0 bridgehead atoms. The zero-order chi connectivity index (χ0) is 11.7. The van der Waals surface area contributed by atoms with Crippen LogP contribution in [0.1, 0.15) is 54.2 Å². The smallest absolute Gasteiger partial charge is 0.0991 e. The number of nitrogens with zero attached hydrogens (tertiary/aromatic N) is 1. The molecule has 0 radical (unpaired) electrons. The van der Waals surface area contributed by atoms with Gasteiger partial charge in [0.15, 0.2) is 0 Å². The summed E-state index contributed by atoms with van der Waals surface area (Å²) in [5.74, 6) is 1.32. The Labute approximate surface area is 102 Å². The molecule has 0 amide bonds. The van der Waals surface area contributed by atoms with E-state index in [9.17, 15) is 0 Å². The first-order valence-electron chi connectivity index (χ1n) is 6.49. The fourth-order valence-electron chi connectivity index (χ4n) is 2.66. The predicted molar refractivity (Wildman–Crippen MR) is 65.9 cm³/mol. The van der Waals surface area contributed by atoms with E-state index in [-0.39, 0.29) is 0 Å². The summed E-state index contributed by atoms with van der Waals surface area (Å²) in [6, 6.07) is 8.77. The van der Waals surface area contributed by atoms with E-state index in [0.717, 1.165) is 37.5 Å². The molecular weight excluding hydrogens is 210 g/mol. The number of hydrogen-bond acceptors (Lipinski definition) is 2. The van der Waals surface area contributed by atoms with Gasteiger partial charge in [-0.1, -0.05) is 6.07 Å². The van der Waals surface area contributed by atoms with Crippen LogP contribution in [0.15, 0.2) is 18.2 Å². The van der Waals surface area contributed by atoms with Crippen molar-refractivity contribution in [2.24, 2.45) is 0 Å². The maximum atomic E-state index is 9.11. The lowest BCUT2D eigenvalue weighted by Gasteiger charge is -2.23. The molecule has 0 spiro atoms. The SMILES string of the molecule is N#Cc1cc(C2CCOCC2)cc(C2CC2)c1. The Balaban J connectivity index is 1.91. The van der Waals surface area contributed by atoms with Gasteiger partial charge in [-0.05, 0) is 60.8 Å². The average Bonchev–Trinajstić information content (AvgIpc) is 3.23. The van der Waals surface area contributed by atoms with Gasteiger partial charge in [-0.15, -0.1) is 0 Å². The second-order valence-corrected chi connectivity index (χ2v) is 5.16. The van der Waals surface area contributed by atoms with Gasteiger partial charge in [0.1, 0.15) is 0 Å². The van der Waals surface area contributed by atoms with Crippen molar-refractivity contribution < 1.29 is 4.74 Å². The van der Waals surface area contributed by atoms with E-state index < -0.39 is 0 Å². The number of hydrogen-bond donors (Lipinski definition) is 0. The minimum atomic E-state index is 0.592. The topological polar surface area (TPSA) is 33.0 Å². The molecule has 1 aromatic rings. The van der Waals surface area contributed by atoms with Gasteiger partial charge < -0.3 is 4.74 Å². The Morgan fingerprint density at radius 2 is 1.53 bits per heavy atom. The van der Waals surface area contributed by atoms with Crippen LogP contribution in [0.3, 0.4) is 0 Å². The summed E-state index contributed by atoms with van der Waals surface area (Å²) in [6.07, 6.45) is 4.78. The number of nitriles is 1. The molecule has 2 aliphatic rings.